The van der Waals surface area contributed by atoms with Crippen molar-refractivity contribution in [1.29, 1.82) is 0 Å². The maximum atomic E-state index is 12.7. The van der Waals surface area contributed by atoms with Gasteiger partial charge < -0.3 is 19.9 Å². The van der Waals surface area contributed by atoms with E-state index in [4.69, 9.17) is 4.74 Å². The second-order valence-corrected chi connectivity index (χ2v) is 10.7. The highest BCUT2D eigenvalue weighted by Crippen LogP contribution is 2.36. The van der Waals surface area contributed by atoms with Gasteiger partial charge in [-0.05, 0) is 86.0 Å². The van der Waals surface area contributed by atoms with Crippen molar-refractivity contribution >= 4 is 40.8 Å². The number of hydrogen-bond donors (Lipinski definition) is 2. The SMILES string of the molecule is CCc1ccc(N[C@@H]2NC(=O)/C(=C/c3cc(C)n(-c4ccc(Oc5ccc([N+](=O)[O-])cc5[N+](=O)[O-])cc4)c3C)S2)cc1. The van der Waals surface area contributed by atoms with Gasteiger partial charge in [0, 0.05) is 28.8 Å². The van der Waals surface area contributed by atoms with Crippen molar-refractivity contribution in [3.8, 4) is 17.2 Å². The van der Waals surface area contributed by atoms with Gasteiger partial charge in [0.05, 0.1) is 20.8 Å². The molecule has 1 amide bonds. The molecule has 42 heavy (non-hydrogen) atoms. The van der Waals surface area contributed by atoms with Crippen LogP contribution in [0.5, 0.6) is 11.5 Å². The lowest BCUT2D eigenvalue weighted by molar-refractivity contribution is -0.394. The average Bonchev–Trinajstić information content (AvgIpc) is 3.45. The van der Waals surface area contributed by atoms with E-state index in [0.717, 1.165) is 46.9 Å². The topological polar surface area (TPSA) is 142 Å². The van der Waals surface area contributed by atoms with Crippen LogP contribution in [0.25, 0.3) is 11.8 Å². The summed E-state index contributed by atoms with van der Waals surface area (Å²) in [5.74, 6) is 0.0930. The molecule has 0 bridgehead atoms. The van der Waals surface area contributed by atoms with Gasteiger partial charge in [-0.1, -0.05) is 30.8 Å². The van der Waals surface area contributed by atoms with Crippen molar-refractivity contribution in [2.24, 2.45) is 0 Å². The number of ether oxygens (including phenoxy) is 1. The molecule has 0 saturated carbocycles. The molecule has 214 valence electrons. The lowest BCUT2D eigenvalue weighted by atomic mass is 10.1. The van der Waals surface area contributed by atoms with Crippen molar-refractivity contribution in [3.05, 3.63) is 120 Å². The minimum absolute atomic E-state index is 0.0984. The fraction of sp³-hybridized carbons (Fsp3) is 0.167. The summed E-state index contributed by atoms with van der Waals surface area (Å²) in [6, 6.07) is 20.3. The maximum absolute atomic E-state index is 12.7. The predicted molar refractivity (Wildman–Crippen MR) is 162 cm³/mol. The van der Waals surface area contributed by atoms with Crippen molar-refractivity contribution < 1.29 is 19.4 Å². The molecule has 1 atom stereocenters. The number of thioether (sulfide) groups is 1. The number of nitrogens with one attached hydrogen (secondary N) is 2. The maximum Gasteiger partial charge on any atom is 0.318 e. The number of carbonyl (C=O) groups excluding carboxylic acids is 1. The highest BCUT2D eigenvalue weighted by atomic mass is 32.2. The third kappa shape index (κ3) is 5.98. The zero-order valence-corrected chi connectivity index (χ0v) is 23.8. The van der Waals surface area contributed by atoms with Crippen molar-refractivity contribution in [2.45, 2.75) is 32.7 Å². The Hall–Kier alpha value is -5.10. The molecule has 12 heteroatoms. The second kappa shape index (κ2) is 11.8. The summed E-state index contributed by atoms with van der Waals surface area (Å²) in [5.41, 5.74) is 4.63. The van der Waals surface area contributed by atoms with Crippen LogP contribution < -0.4 is 15.4 Å². The number of nitrogens with zero attached hydrogens (tertiary/aromatic N) is 3. The van der Waals surface area contributed by atoms with E-state index >= 15 is 0 Å². The van der Waals surface area contributed by atoms with Gasteiger partial charge in [0.2, 0.25) is 5.75 Å². The monoisotopic (exact) mass is 585 g/mol. The molecule has 1 aliphatic heterocycles. The Labute approximate surface area is 245 Å². The molecule has 2 N–H and O–H groups in total. The third-order valence-electron chi connectivity index (χ3n) is 6.82. The van der Waals surface area contributed by atoms with Crippen LogP contribution in [-0.2, 0) is 11.2 Å². The fourth-order valence-electron chi connectivity index (χ4n) is 4.66. The Morgan fingerprint density at radius 3 is 2.36 bits per heavy atom. The number of hydrogen-bond acceptors (Lipinski definition) is 8. The summed E-state index contributed by atoms with van der Waals surface area (Å²) in [7, 11) is 0. The molecule has 4 aromatic rings. The number of carbonyl (C=O) groups is 1. The van der Waals surface area contributed by atoms with Crippen molar-refractivity contribution in [3.63, 3.8) is 0 Å². The summed E-state index contributed by atoms with van der Waals surface area (Å²) >= 11 is 1.42. The van der Waals surface area contributed by atoms with Gasteiger partial charge in [0.15, 0.2) is 5.50 Å². The smallest absolute Gasteiger partial charge is 0.318 e. The number of aromatic nitrogens is 1. The number of nitro groups is 2. The van der Waals surface area contributed by atoms with E-state index in [1.807, 2.05) is 54.8 Å². The molecule has 1 saturated heterocycles. The minimum atomic E-state index is -0.718. The molecule has 11 nitrogen and oxygen atoms in total. The van der Waals surface area contributed by atoms with Crippen molar-refractivity contribution in [2.75, 3.05) is 5.32 Å². The molecule has 2 heterocycles. The number of amides is 1. The Morgan fingerprint density at radius 1 is 1.00 bits per heavy atom. The van der Waals surface area contributed by atoms with Gasteiger partial charge in [-0.15, -0.1) is 0 Å². The zero-order valence-electron chi connectivity index (χ0n) is 23.0. The average molecular weight is 586 g/mol. The molecule has 1 aliphatic rings. The minimum Gasteiger partial charge on any atom is -0.450 e. The van der Waals surface area contributed by atoms with Crippen LogP contribution in [0, 0.1) is 34.1 Å². The molecule has 0 unspecified atom stereocenters. The summed E-state index contributed by atoms with van der Waals surface area (Å²) in [6.45, 7) is 6.03. The van der Waals surface area contributed by atoms with Crippen LogP contribution in [0.4, 0.5) is 17.1 Å². The van der Waals surface area contributed by atoms with Crippen LogP contribution in [0.3, 0.4) is 0 Å². The molecular formula is C30H27N5O6S. The largest absolute Gasteiger partial charge is 0.450 e. The first-order chi connectivity index (χ1) is 20.1. The first-order valence-corrected chi connectivity index (χ1v) is 14.0. The third-order valence-corrected chi connectivity index (χ3v) is 7.85. The number of nitro benzene ring substituents is 2. The number of benzene rings is 3. The zero-order chi connectivity index (χ0) is 30.0. The Morgan fingerprint density at radius 2 is 1.71 bits per heavy atom. The first kappa shape index (κ1) is 28.4. The van der Waals surface area contributed by atoms with Gasteiger partial charge in [-0.25, -0.2) is 0 Å². The Kier molecular flexibility index (Phi) is 7.98. The molecule has 0 radical (unpaired) electrons. The molecule has 0 aliphatic carbocycles. The quantitative estimate of drug-likeness (QED) is 0.123. The van der Waals surface area contributed by atoms with Gasteiger partial charge in [0.25, 0.3) is 11.6 Å². The van der Waals surface area contributed by atoms with Gasteiger partial charge in [-0.3, -0.25) is 25.0 Å². The number of aryl methyl sites for hydroxylation is 2. The number of non-ortho nitro benzene ring substituents is 1. The fourth-order valence-corrected chi connectivity index (χ4v) is 5.64. The van der Waals surface area contributed by atoms with Gasteiger partial charge >= 0.3 is 5.69 Å². The standard InChI is InChI=1S/C30H27N5O6S/c1-4-20-5-7-22(8-6-20)31-30-32-29(36)28(42-30)16-21-15-18(2)33(19(21)3)23-9-12-25(13-10-23)41-27-14-11-24(34(37)38)17-26(27)35(39)40/h5-17,30-31H,4H2,1-3H3,(H,32,36)/b28-16-/t30-/m1/s1. The Bertz CT molecular complexity index is 1710. The van der Waals surface area contributed by atoms with E-state index < -0.39 is 21.2 Å². The van der Waals surface area contributed by atoms with E-state index in [-0.39, 0.29) is 17.2 Å². The first-order valence-electron chi connectivity index (χ1n) is 13.1. The number of rotatable bonds is 9. The normalized spacial score (nSPS) is 15.5. The van der Waals surface area contributed by atoms with Crippen LogP contribution in [0.15, 0.2) is 77.7 Å². The number of anilines is 1. The molecule has 1 aromatic heterocycles. The second-order valence-electron chi connectivity index (χ2n) is 9.60. The van der Waals surface area contributed by atoms with Crippen LogP contribution in [0.2, 0.25) is 0 Å². The summed E-state index contributed by atoms with van der Waals surface area (Å²) < 4.78 is 7.73. The summed E-state index contributed by atoms with van der Waals surface area (Å²) in [6.07, 6.45) is 2.84. The van der Waals surface area contributed by atoms with E-state index in [1.165, 1.54) is 23.4 Å². The van der Waals surface area contributed by atoms with Crippen molar-refractivity contribution in [1.82, 2.24) is 9.88 Å². The molecule has 1 fully saturated rings. The van der Waals surface area contributed by atoms with Crippen LogP contribution in [0.1, 0.15) is 29.4 Å². The highest BCUT2D eigenvalue weighted by Gasteiger charge is 2.28. The van der Waals surface area contributed by atoms with Crippen LogP contribution in [-0.4, -0.2) is 25.8 Å². The van der Waals surface area contributed by atoms with Crippen LogP contribution >= 0.6 is 11.8 Å². The summed E-state index contributed by atoms with van der Waals surface area (Å²) in [5, 5.41) is 28.7. The van der Waals surface area contributed by atoms with Gasteiger partial charge in [-0.2, -0.15) is 0 Å². The van der Waals surface area contributed by atoms with Gasteiger partial charge in [0.1, 0.15) is 5.75 Å². The lowest BCUT2D eigenvalue weighted by Gasteiger charge is -2.13. The predicted octanol–water partition coefficient (Wildman–Crippen LogP) is 6.86. The Balaban J connectivity index is 1.32. The van der Waals surface area contributed by atoms with E-state index in [0.29, 0.717) is 10.7 Å². The molecule has 3 aromatic carbocycles. The van der Waals surface area contributed by atoms with E-state index in [1.54, 1.807) is 12.1 Å². The van der Waals surface area contributed by atoms with E-state index in [2.05, 4.69) is 29.7 Å². The highest BCUT2D eigenvalue weighted by molar-refractivity contribution is 8.05. The summed E-state index contributed by atoms with van der Waals surface area (Å²) in [4.78, 5) is 34.3. The lowest BCUT2D eigenvalue weighted by Crippen LogP contribution is -2.30. The molecule has 5 rings (SSSR count). The molecule has 0 spiro atoms. The van der Waals surface area contributed by atoms with E-state index in [9.17, 15) is 25.0 Å². The molecular weight excluding hydrogens is 558 g/mol.